The second-order valence-electron chi connectivity index (χ2n) is 4.30. The number of rotatable bonds is 5. The normalized spacial score (nSPS) is 14.3. The molecule has 0 amide bonds. The molecule has 0 saturated heterocycles. The Morgan fingerprint density at radius 3 is 2.79 bits per heavy atom. The second-order valence-corrected chi connectivity index (χ2v) is 6.17. The van der Waals surface area contributed by atoms with E-state index in [1.165, 1.54) is 0 Å². The first kappa shape index (κ1) is 14.6. The van der Waals surface area contributed by atoms with Gasteiger partial charge >= 0.3 is 0 Å². The number of aromatic nitrogens is 2. The summed E-state index contributed by atoms with van der Waals surface area (Å²) in [7, 11) is 0. The number of aliphatic hydroxyl groups is 1. The van der Waals surface area contributed by atoms with Crippen LogP contribution in [0.15, 0.2) is 38.2 Å². The molecule has 0 saturated carbocycles. The number of hydrogen-bond donors (Lipinski definition) is 1. The summed E-state index contributed by atoms with van der Waals surface area (Å²) in [6.07, 6.45) is -0.496. The molecule has 6 heteroatoms. The Bertz CT molecular complexity index is 545. The highest BCUT2D eigenvalue weighted by molar-refractivity contribution is 9.10. The van der Waals surface area contributed by atoms with E-state index in [0.29, 0.717) is 17.5 Å². The van der Waals surface area contributed by atoms with Crippen molar-refractivity contribution < 1.29 is 9.63 Å². The highest BCUT2D eigenvalue weighted by Gasteiger charge is 2.18. The molecule has 2 aromatic rings. The predicted molar refractivity (Wildman–Crippen MR) is 78.1 cm³/mol. The van der Waals surface area contributed by atoms with Crippen molar-refractivity contribution in [1.82, 2.24) is 10.1 Å². The Kier molecular flexibility index (Phi) is 5.01. The number of benzene rings is 1. The standard InChI is InChI=1S/C13H15BrN2O2S/c1-8(9(2)17)13-15-12(16-18-13)7-19-11-6-4-3-5-10(11)14/h3-6,8-9,17H,7H2,1-2H3. The molecular formula is C13H15BrN2O2S. The zero-order valence-corrected chi connectivity index (χ0v) is 13.1. The fraction of sp³-hybridized carbons (Fsp3) is 0.385. The van der Waals surface area contributed by atoms with Gasteiger partial charge in [0.25, 0.3) is 0 Å². The van der Waals surface area contributed by atoms with Crippen LogP contribution in [0.4, 0.5) is 0 Å². The van der Waals surface area contributed by atoms with Gasteiger partial charge in [0.2, 0.25) is 5.89 Å². The second kappa shape index (κ2) is 6.54. The Morgan fingerprint density at radius 1 is 1.37 bits per heavy atom. The molecule has 0 radical (unpaired) electrons. The van der Waals surface area contributed by atoms with Crippen LogP contribution in [0.1, 0.15) is 31.5 Å². The number of hydrogen-bond acceptors (Lipinski definition) is 5. The van der Waals surface area contributed by atoms with Crippen molar-refractivity contribution in [1.29, 1.82) is 0 Å². The molecule has 0 aliphatic rings. The number of halogens is 1. The maximum atomic E-state index is 9.49. The Balaban J connectivity index is 1.99. The lowest BCUT2D eigenvalue weighted by Gasteiger charge is -2.08. The van der Waals surface area contributed by atoms with Crippen LogP contribution < -0.4 is 0 Å². The van der Waals surface area contributed by atoms with Crippen LogP contribution in [0.25, 0.3) is 0 Å². The van der Waals surface area contributed by atoms with Crippen LogP contribution in [0, 0.1) is 0 Å². The minimum atomic E-state index is -0.496. The SMILES string of the molecule is CC(O)C(C)c1nc(CSc2ccccc2Br)no1. The molecule has 1 aromatic carbocycles. The fourth-order valence-electron chi connectivity index (χ4n) is 1.42. The van der Waals surface area contributed by atoms with E-state index >= 15 is 0 Å². The monoisotopic (exact) mass is 342 g/mol. The molecule has 2 rings (SSSR count). The van der Waals surface area contributed by atoms with Crippen molar-refractivity contribution in [3.05, 3.63) is 40.5 Å². The molecule has 2 unspecified atom stereocenters. The predicted octanol–water partition coefficient (Wildman–Crippen LogP) is 3.61. The summed E-state index contributed by atoms with van der Waals surface area (Å²) in [4.78, 5) is 5.44. The third-order valence-electron chi connectivity index (χ3n) is 2.79. The van der Waals surface area contributed by atoms with Crippen LogP contribution in [0.2, 0.25) is 0 Å². The summed E-state index contributed by atoms with van der Waals surface area (Å²) in [5.74, 6) is 1.62. The number of nitrogens with zero attached hydrogens (tertiary/aromatic N) is 2. The van der Waals surface area contributed by atoms with Crippen LogP contribution in [0.5, 0.6) is 0 Å². The van der Waals surface area contributed by atoms with E-state index in [1.807, 2.05) is 31.2 Å². The van der Waals surface area contributed by atoms with Crippen LogP contribution in [-0.4, -0.2) is 21.4 Å². The van der Waals surface area contributed by atoms with E-state index in [1.54, 1.807) is 18.7 Å². The molecule has 0 spiro atoms. The molecule has 2 atom stereocenters. The van der Waals surface area contributed by atoms with E-state index in [0.717, 1.165) is 9.37 Å². The molecule has 19 heavy (non-hydrogen) atoms. The summed E-state index contributed by atoms with van der Waals surface area (Å²) in [6.45, 7) is 3.58. The van der Waals surface area contributed by atoms with Gasteiger partial charge in [-0.2, -0.15) is 4.98 Å². The summed E-state index contributed by atoms with van der Waals surface area (Å²) in [5.41, 5.74) is 0. The molecule has 4 nitrogen and oxygen atoms in total. The Morgan fingerprint density at radius 2 is 2.11 bits per heavy atom. The fourth-order valence-corrected chi connectivity index (χ4v) is 2.83. The Labute approximate surface area is 124 Å². The van der Waals surface area contributed by atoms with Crippen molar-refractivity contribution in [2.24, 2.45) is 0 Å². The largest absolute Gasteiger partial charge is 0.393 e. The Hall–Kier alpha value is -0.850. The zero-order valence-electron chi connectivity index (χ0n) is 10.7. The van der Waals surface area contributed by atoms with Gasteiger partial charge in [0, 0.05) is 9.37 Å². The molecule has 102 valence electrons. The highest BCUT2D eigenvalue weighted by atomic mass is 79.9. The van der Waals surface area contributed by atoms with Crippen molar-refractivity contribution in [3.8, 4) is 0 Å². The van der Waals surface area contributed by atoms with Crippen molar-refractivity contribution in [2.45, 2.75) is 36.5 Å². The topological polar surface area (TPSA) is 59.2 Å². The van der Waals surface area contributed by atoms with Gasteiger partial charge in [0.1, 0.15) is 0 Å². The third kappa shape index (κ3) is 3.81. The summed E-state index contributed by atoms with van der Waals surface area (Å²) in [5, 5.41) is 13.4. The molecule has 0 bridgehead atoms. The van der Waals surface area contributed by atoms with Crippen molar-refractivity contribution in [2.75, 3.05) is 0 Å². The molecule has 0 aliphatic heterocycles. The van der Waals surface area contributed by atoms with Crippen LogP contribution in [0.3, 0.4) is 0 Å². The first-order valence-corrected chi connectivity index (χ1v) is 7.73. The highest BCUT2D eigenvalue weighted by Crippen LogP contribution is 2.29. The molecule has 0 fully saturated rings. The van der Waals surface area contributed by atoms with Gasteiger partial charge in [-0.1, -0.05) is 24.2 Å². The maximum absolute atomic E-state index is 9.49. The quantitative estimate of drug-likeness (QED) is 0.841. The zero-order chi connectivity index (χ0) is 13.8. The van der Waals surface area contributed by atoms with Crippen LogP contribution in [-0.2, 0) is 5.75 Å². The van der Waals surface area contributed by atoms with Gasteiger partial charge in [-0.15, -0.1) is 11.8 Å². The lowest BCUT2D eigenvalue weighted by atomic mass is 10.1. The molecule has 0 aliphatic carbocycles. The van der Waals surface area contributed by atoms with Gasteiger partial charge in [-0.05, 0) is 35.0 Å². The lowest BCUT2D eigenvalue weighted by Crippen LogP contribution is -2.11. The van der Waals surface area contributed by atoms with E-state index < -0.39 is 6.10 Å². The van der Waals surface area contributed by atoms with E-state index in [9.17, 15) is 5.11 Å². The van der Waals surface area contributed by atoms with Gasteiger partial charge in [0.05, 0.1) is 17.8 Å². The third-order valence-corrected chi connectivity index (χ3v) is 4.81. The molecular weight excluding hydrogens is 328 g/mol. The molecule has 1 heterocycles. The summed E-state index contributed by atoms with van der Waals surface area (Å²) < 4.78 is 6.22. The summed E-state index contributed by atoms with van der Waals surface area (Å²) >= 11 is 5.14. The van der Waals surface area contributed by atoms with Gasteiger partial charge in [-0.25, -0.2) is 0 Å². The molecule has 1 N–H and O–H groups in total. The smallest absolute Gasteiger partial charge is 0.232 e. The molecule has 1 aromatic heterocycles. The van der Waals surface area contributed by atoms with Gasteiger partial charge < -0.3 is 9.63 Å². The van der Waals surface area contributed by atoms with E-state index in [2.05, 4.69) is 26.1 Å². The minimum Gasteiger partial charge on any atom is -0.393 e. The maximum Gasteiger partial charge on any atom is 0.232 e. The lowest BCUT2D eigenvalue weighted by molar-refractivity contribution is 0.151. The average Bonchev–Trinajstić information content (AvgIpc) is 2.85. The van der Waals surface area contributed by atoms with E-state index in [4.69, 9.17) is 4.52 Å². The van der Waals surface area contributed by atoms with Gasteiger partial charge in [-0.3, -0.25) is 0 Å². The van der Waals surface area contributed by atoms with Crippen LogP contribution >= 0.6 is 27.7 Å². The number of aliphatic hydroxyl groups excluding tert-OH is 1. The minimum absolute atomic E-state index is 0.144. The van der Waals surface area contributed by atoms with Gasteiger partial charge in [0.15, 0.2) is 5.82 Å². The van der Waals surface area contributed by atoms with E-state index in [-0.39, 0.29) is 5.92 Å². The van der Waals surface area contributed by atoms with Crippen molar-refractivity contribution in [3.63, 3.8) is 0 Å². The first-order valence-electron chi connectivity index (χ1n) is 5.96. The first-order chi connectivity index (χ1) is 9.08. The average molecular weight is 343 g/mol. The summed E-state index contributed by atoms with van der Waals surface area (Å²) in [6, 6.07) is 8.00. The van der Waals surface area contributed by atoms with Crippen molar-refractivity contribution >= 4 is 27.7 Å². The number of thioether (sulfide) groups is 1.